The van der Waals surface area contributed by atoms with Crippen molar-refractivity contribution in [2.24, 2.45) is 0 Å². The lowest BCUT2D eigenvalue weighted by Gasteiger charge is -2.32. The van der Waals surface area contributed by atoms with Crippen molar-refractivity contribution in [2.75, 3.05) is 18.0 Å². The van der Waals surface area contributed by atoms with E-state index in [9.17, 15) is 0 Å². The van der Waals surface area contributed by atoms with Gasteiger partial charge in [0.05, 0.1) is 0 Å². The summed E-state index contributed by atoms with van der Waals surface area (Å²) >= 11 is 0. The SMILES string of the molecule is Cc1cc(N2CC[C@H]3CC[C@@H](C2)N3C(C)C)n2ncnc2n1. The van der Waals surface area contributed by atoms with Crippen LogP contribution in [0, 0.1) is 6.92 Å². The molecule has 2 aliphatic heterocycles. The lowest BCUT2D eigenvalue weighted by Crippen LogP contribution is -2.43. The Morgan fingerprint density at radius 2 is 2.00 bits per heavy atom. The van der Waals surface area contributed by atoms with Crippen molar-refractivity contribution in [3.63, 3.8) is 0 Å². The topological polar surface area (TPSA) is 49.6 Å². The number of fused-ring (bicyclic) bond motifs is 3. The van der Waals surface area contributed by atoms with E-state index in [2.05, 4.69) is 44.8 Å². The molecule has 4 rings (SSSR count). The average Bonchev–Trinajstić information content (AvgIpc) is 3.01. The second-order valence-corrected chi connectivity index (χ2v) is 6.89. The molecule has 0 aromatic carbocycles. The number of hydrogen-bond acceptors (Lipinski definition) is 5. The Morgan fingerprint density at radius 3 is 2.82 bits per heavy atom. The normalized spacial score (nSPS) is 26.1. The van der Waals surface area contributed by atoms with Gasteiger partial charge in [0.15, 0.2) is 0 Å². The molecule has 22 heavy (non-hydrogen) atoms. The minimum absolute atomic E-state index is 0.628. The van der Waals surface area contributed by atoms with E-state index >= 15 is 0 Å². The third-order valence-corrected chi connectivity index (χ3v) is 5.12. The van der Waals surface area contributed by atoms with Crippen LogP contribution in [-0.4, -0.2) is 55.7 Å². The van der Waals surface area contributed by atoms with Crippen LogP contribution in [0.2, 0.25) is 0 Å². The van der Waals surface area contributed by atoms with Gasteiger partial charge in [-0.2, -0.15) is 14.6 Å². The molecule has 118 valence electrons. The van der Waals surface area contributed by atoms with Gasteiger partial charge >= 0.3 is 0 Å². The molecular formula is C16H24N6. The summed E-state index contributed by atoms with van der Waals surface area (Å²) in [6.07, 6.45) is 5.48. The smallest absolute Gasteiger partial charge is 0.254 e. The second-order valence-electron chi connectivity index (χ2n) is 6.89. The van der Waals surface area contributed by atoms with Gasteiger partial charge in [0.25, 0.3) is 5.78 Å². The minimum Gasteiger partial charge on any atom is -0.355 e. The lowest BCUT2D eigenvalue weighted by molar-refractivity contribution is 0.158. The number of aryl methyl sites for hydroxylation is 1. The fourth-order valence-electron chi connectivity index (χ4n) is 4.30. The Hall–Kier alpha value is -1.69. The van der Waals surface area contributed by atoms with Gasteiger partial charge < -0.3 is 4.90 Å². The zero-order valence-corrected chi connectivity index (χ0v) is 13.6. The number of aromatic nitrogens is 4. The molecule has 6 heteroatoms. The summed E-state index contributed by atoms with van der Waals surface area (Å²) in [4.78, 5) is 13.9. The first-order valence-electron chi connectivity index (χ1n) is 8.33. The molecule has 6 nitrogen and oxygen atoms in total. The van der Waals surface area contributed by atoms with Crippen LogP contribution in [0.5, 0.6) is 0 Å². The molecule has 2 bridgehead atoms. The van der Waals surface area contributed by atoms with Gasteiger partial charge in [-0.05, 0) is 40.0 Å². The van der Waals surface area contributed by atoms with E-state index in [0.29, 0.717) is 17.9 Å². The van der Waals surface area contributed by atoms with Crippen LogP contribution in [-0.2, 0) is 0 Å². The van der Waals surface area contributed by atoms with Gasteiger partial charge in [-0.1, -0.05) is 0 Å². The number of anilines is 1. The zero-order valence-electron chi connectivity index (χ0n) is 13.6. The molecule has 4 heterocycles. The minimum atomic E-state index is 0.628. The van der Waals surface area contributed by atoms with Crippen molar-refractivity contribution >= 4 is 11.6 Å². The van der Waals surface area contributed by atoms with Crippen molar-refractivity contribution in [2.45, 2.75) is 58.2 Å². The van der Waals surface area contributed by atoms with E-state index in [4.69, 9.17) is 0 Å². The van der Waals surface area contributed by atoms with Crippen molar-refractivity contribution in [1.29, 1.82) is 0 Å². The van der Waals surface area contributed by atoms with E-state index in [-0.39, 0.29) is 0 Å². The van der Waals surface area contributed by atoms with Gasteiger partial charge in [-0.25, -0.2) is 4.98 Å². The molecule has 2 fully saturated rings. The highest BCUT2D eigenvalue weighted by Crippen LogP contribution is 2.33. The second kappa shape index (κ2) is 5.19. The first-order chi connectivity index (χ1) is 10.6. The van der Waals surface area contributed by atoms with Gasteiger partial charge in [-0.3, -0.25) is 4.90 Å². The van der Waals surface area contributed by atoms with E-state index in [1.54, 1.807) is 6.33 Å². The highest BCUT2D eigenvalue weighted by atomic mass is 15.4. The Balaban J connectivity index is 1.70. The summed E-state index contributed by atoms with van der Waals surface area (Å²) in [6, 6.07) is 4.16. The molecule has 0 amide bonds. The Kier molecular flexibility index (Phi) is 3.29. The highest BCUT2D eigenvalue weighted by Gasteiger charge is 2.38. The Morgan fingerprint density at radius 1 is 1.18 bits per heavy atom. The lowest BCUT2D eigenvalue weighted by atomic mass is 10.1. The fourth-order valence-corrected chi connectivity index (χ4v) is 4.30. The van der Waals surface area contributed by atoms with Crippen molar-refractivity contribution in [3.05, 3.63) is 18.1 Å². The Bertz CT molecular complexity index is 678. The van der Waals surface area contributed by atoms with Crippen molar-refractivity contribution < 1.29 is 0 Å². The van der Waals surface area contributed by atoms with Crippen LogP contribution >= 0.6 is 0 Å². The molecule has 2 aromatic heterocycles. The fraction of sp³-hybridized carbons (Fsp3) is 0.688. The van der Waals surface area contributed by atoms with Crippen molar-refractivity contribution in [3.8, 4) is 0 Å². The summed E-state index contributed by atoms with van der Waals surface area (Å²) < 4.78 is 1.88. The predicted molar refractivity (Wildman–Crippen MR) is 86.1 cm³/mol. The molecule has 2 aromatic rings. The monoisotopic (exact) mass is 300 g/mol. The number of nitrogens with zero attached hydrogens (tertiary/aromatic N) is 6. The highest BCUT2D eigenvalue weighted by molar-refractivity contribution is 5.47. The molecule has 0 aliphatic carbocycles. The quantitative estimate of drug-likeness (QED) is 0.847. The molecular weight excluding hydrogens is 276 g/mol. The molecule has 2 aliphatic rings. The van der Waals surface area contributed by atoms with Crippen LogP contribution in [0.25, 0.3) is 5.78 Å². The van der Waals surface area contributed by atoms with Gasteiger partial charge in [0, 0.05) is 43.0 Å². The van der Waals surface area contributed by atoms with E-state index < -0.39 is 0 Å². The molecule has 0 saturated carbocycles. The van der Waals surface area contributed by atoms with Crippen LogP contribution in [0.15, 0.2) is 12.4 Å². The molecule has 0 N–H and O–H groups in total. The summed E-state index contributed by atoms with van der Waals surface area (Å²) in [5.74, 6) is 1.83. The third kappa shape index (κ3) is 2.17. The maximum atomic E-state index is 4.46. The van der Waals surface area contributed by atoms with Gasteiger partial charge in [-0.15, -0.1) is 0 Å². The van der Waals surface area contributed by atoms with Gasteiger partial charge in [0.1, 0.15) is 12.1 Å². The molecule has 0 unspecified atom stereocenters. The Labute approximate surface area is 131 Å². The van der Waals surface area contributed by atoms with Gasteiger partial charge in [0.2, 0.25) is 0 Å². The maximum Gasteiger partial charge on any atom is 0.254 e. The van der Waals surface area contributed by atoms with Crippen LogP contribution < -0.4 is 4.90 Å². The standard InChI is InChI=1S/C16H24N6/c1-11(2)21-13-4-5-14(21)9-20(7-6-13)15-8-12(3)19-16-17-10-18-22(15)16/h8,10-11,13-14H,4-7,9H2,1-3H3/t13-,14+/m1/s1. The van der Waals surface area contributed by atoms with Crippen LogP contribution in [0.3, 0.4) is 0 Å². The summed E-state index contributed by atoms with van der Waals surface area (Å²) in [6.45, 7) is 8.85. The average molecular weight is 300 g/mol. The first kappa shape index (κ1) is 13.9. The first-order valence-corrected chi connectivity index (χ1v) is 8.33. The zero-order chi connectivity index (χ0) is 15.3. The third-order valence-electron chi connectivity index (χ3n) is 5.12. The summed E-state index contributed by atoms with van der Waals surface area (Å²) in [7, 11) is 0. The van der Waals surface area contributed by atoms with Crippen LogP contribution in [0.4, 0.5) is 5.82 Å². The number of hydrogen-bond donors (Lipinski definition) is 0. The van der Waals surface area contributed by atoms with E-state index in [0.717, 1.165) is 30.6 Å². The maximum absolute atomic E-state index is 4.46. The predicted octanol–water partition coefficient (Wildman–Crippen LogP) is 1.88. The number of rotatable bonds is 2. The summed E-state index contributed by atoms with van der Waals surface area (Å²) in [5, 5.41) is 4.37. The largest absolute Gasteiger partial charge is 0.355 e. The molecule has 2 saturated heterocycles. The van der Waals surface area contributed by atoms with Crippen LogP contribution in [0.1, 0.15) is 38.8 Å². The summed E-state index contributed by atoms with van der Waals surface area (Å²) in [5.41, 5.74) is 1.01. The van der Waals surface area contributed by atoms with Crippen molar-refractivity contribution in [1.82, 2.24) is 24.5 Å². The van der Waals surface area contributed by atoms with E-state index in [1.165, 1.54) is 19.3 Å². The molecule has 0 radical (unpaired) electrons. The molecule has 2 atom stereocenters. The van der Waals surface area contributed by atoms with E-state index in [1.807, 2.05) is 11.4 Å². The molecule has 0 spiro atoms.